The van der Waals surface area contributed by atoms with Crippen LogP contribution in [0, 0.1) is 0 Å². The van der Waals surface area contributed by atoms with Gasteiger partial charge in [-0.2, -0.15) is 0 Å². The first-order valence-corrected chi connectivity index (χ1v) is 7.38. The Kier molecular flexibility index (Phi) is 5.96. The summed E-state index contributed by atoms with van der Waals surface area (Å²) in [5, 5.41) is 4.11. The molecule has 4 heteroatoms. The molecule has 1 N–H and O–H groups in total. The number of hydrogen-bond donors (Lipinski definition) is 1. The summed E-state index contributed by atoms with van der Waals surface area (Å²) in [6.07, 6.45) is 1.16. The van der Waals surface area contributed by atoms with Crippen molar-refractivity contribution in [2.45, 2.75) is 45.8 Å². The molecule has 18 heavy (non-hydrogen) atoms. The Morgan fingerprint density at radius 1 is 1.44 bits per heavy atom. The Bertz CT molecular complexity index is 395. The summed E-state index contributed by atoms with van der Waals surface area (Å²) in [7, 11) is 0. The van der Waals surface area contributed by atoms with E-state index in [9.17, 15) is 0 Å². The number of benzene rings is 1. The van der Waals surface area contributed by atoms with Gasteiger partial charge in [-0.3, -0.25) is 0 Å². The summed E-state index contributed by atoms with van der Waals surface area (Å²) in [5.74, 6) is 0.725. The maximum absolute atomic E-state index is 6.12. The molecule has 0 aliphatic carbocycles. The third kappa shape index (κ3) is 5.17. The molecule has 0 aliphatic heterocycles. The Labute approximate surface area is 123 Å². The lowest BCUT2D eigenvalue weighted by Crippen LogP contribution is -2.43. The molecule has 1 aromatic carbocycles. The Hall–Kier alpha value is -0.250. The van der Waals surface area contributed by atoms with Crippen molar-refractivity contribution in [1.82, 2.24) is 5.32 Å². The summed E-state index contributed by atoms with van der Waals surface area (Å²) < 4.78 is 6.78. The first kappa shape index (κ1) is 15.8. The van der Waals surface area contributed by atoms with Gasteiger partial charge in [0.15, 0.2) is 0 Å². The van der Waals surface area contributed by atoms with Gasteiger partial charge in [-0.15, -0.1) is 0 Å². The Morgan fingerprint density at radius 3 is 2.67 bits per heavy atom. The van der Waals surface area contributed by atoms with E-state index < -0.39 is 0 Å². The molecule has 2 nitrogen and oxygen atoms in total. The maximum Gasteiger partial charge on any atom is 0.138 e. The van der Waals surface area contributed by atoms with E-state index in [0.717, 1.165) is 23.2 Å². The molecular weight excluding hydrogens is 314 g/mol. The zero-order valence-electron chi connectivity index (χ0n) is 11.4. The Morgan fingerprint density at radius 2 is 2.11 bits per heavy atom. The molecule has 1 aromatic rings. The van der Waals surface area contributed by atoms with Crippen molar-refractivity contribution >= 4 is 27.5 Å². The zero-order chi connectivity index (χ0) is 13.8. The standard InChI is InChI=1S/C14H21BrClNO/c1-5-14(3,4)17-9-10(2)18-13-7-6-11(15)8-12(13)16/h6-8,10,17H,5,9H2,1-4H3. The number of ether oxygens (including phenoxy) is 1. The third-order valence-corrected chi connectivity index (χ3v) is 3.76. The van der Waals surface area contributed by atoms with E-state index in [1.54, 1.807) is 0 Å². The largest absolute Gasteiger partial charge is 0.488 e. The third-order valence-electron chi connectivity index (χ3n) is 2.97. The van der Waals surface area contributed by atoms with Gasteiger partial charge in [0.05, 0.1) is 5.02 Å². The zero-order valence-corrected chi connectivity index (χ0v) is 13.7. The molecule has 102 valence electrons. The topological polar surface area (TPSA) is 21.3 Å². The highest BCUT2D eigenvalue weighted by atomic mass is 79.9. The van der Waals surface area contributed by atoms with Gasteiger partial charge in [0.25, 0.3) is 0 Å². The predicted octanol–water partition coefficient (Wildman–Crippen LogP) is 4.65. The van der Waals surface area contributed by atoms with E-state index in [1.807, 2.05) is 25.1 Å². The van der Waals surface area contributed by atoms with Crippen molar-refractivity contribution in [3.05, 3.63) is 27.7 Å². The smallest absolute Gasteiger partial charge is 0.138 e. The van der Waals surface area contributed by atoms with E-state index in [0.29, 0.717) is 5.02 Å². The van der Waals surface area contributed by atoms with Crippen molar-refractivity contribution in [2.75, 3.05) is 6.54 Å². The highest BCUT2D eigenvalue weighted by Crippen LogP contribution is 2.28. The van der Waals surface area contributed by atoms with E-state index in [-0.39, 0.29) is 11.6 Å². The molecule has 0 amide bonds. The van der Waals surface area contributed by atoms with Crippen LogP contribution in [0.5, 0.6) is 5.75 Å². The molecule has 0 fully saturated rings. The normalized spacial score (nSPS) is 13.4. The second kappa shape index (κ2) is 6.78. The van der Waals surface area contributed by atoms with Crippen molar-refractivity contribution in [2.24, 2.45) is 0 Å². The number of rotatable bonds is 6. The van der Waals surface area contributed by atoms with Gasteiger partial charge in [-0.05, 0) is 45.4 Å². The van der Waals surface area contributed by atoms with Gasteiger partial charge in [0.1, 0.15) is 11.9 Å². The summed E-state index contributed by atoms with van der Waals surface area (Å²) in [6, 6.07) is 5.65. The van der Waals surface area contributed by atoms with Crippen molar-refractivity contribution in [3.63, 3.8) is 0 Å². The van der Waals surface area contributed by atoms with Crippen LogP contribution in [-0.4, -0.2) is 18.2 Å². The molecule has 0 aliphatic rings. The van der Waals surface area contributed by atoms with Crippen molar-refractivity contribution in [3.8, 4) is 5.75 Å². The second-order valence-corrected chi connectivity index (χ2v) is 6.44. The molecule has 1 unspecified atom stereocenters. The lowest BCUT2D eigenvalue weighted by molar-refractivity contribution is 0.199. The van der Waals surface area contributed by atoms with E-state index in [1.165, 1.54) is 0 Å². The molecule has 0 bridgehead atoms. The summed E-state index contributed by atoms with van der Waals surface area (Å²) in [4.78, 5) is 0. The molecule has 0 spiro atoms. The van der Waals surface area contributed by atoms with Gasteiger partial charge in [0, 0.05) is 16.6 Å². The Balaban J connectivity index is 2.52. The summed E-state index contributed by atoms with van der Waals surface area (Å²) in [6.45, 7) is 9.38. The SMILES string of the molecule is CCC(C)(C)NCC(C)Oc1ccc(Br)cc1Cl. The van der Waals surface area contributed by atoms with E-state index in [4.69, 9.17) is 16.3 Å². The van der Waals surface area contributed by atoms with Crippen LogP contribution in [0.3, 0.4) is 0 Å². The lowest BCUT2D eigenvalue weighted by Gasteiger charge is -2.27. The molecular formula is C14H21BrClNO. The van der Waals surface area contributed by atoms with Crippen molar-refractivity contribution in [1.29, 1.82) is 0 Å². The molecule has 0 saturated heterocycles. The fourth-order valence-corrected chi connectivity index (χ4v) is 2.09. The first-order chi connectivity index (χ1) is 8.34. The fraction of sp³-hybridized carbons (Fsp3) is 0.571. The highest BCUT2D eigenvalue weighted by Gasteiger charge is 2.16. The summed E-state index contributed by atoms with van der Waals surface area (Å²) >= 11 is 9.49. The molecule has 1 atom stereocenters. The molecule has 0 heterocycles. The average molecular weight is 335 g/mol. The molecule has 0 radical (unpaired) electrons. The first-order valence-electron chi connectivity index (χ1n) is 6.21. The maximum atomic E-state index is 6.12. The van der Waals surface area contributed by atoms with Crippen LogP contribution < -0.4 is 10.1 Å². The monoisotopic (exact) mass is 333 g/mol. The van der Waals surface area contributed by atoms with Crippen LogP contribution in [0.2, 0.25) is 5.02 Å². The van der Waals surface area contributed by atoms with Gasteiger partial charge in [-0.1, -0.05) is 34.5 Å². The van der Waals surface area contributed by atoms with Crippen LogP contribution >= 0.6 is 27.5 Å². The van der Waals surface area contributed by atoms with Crippen molar-refractivity contribution < 1.29 is 4.74 Å². The average Bonchev–Trinajstić information content (AvgIpc) is 2.30. The van der Waals surface area contributed by atoms with E-state index >= 15 is 0 Å². The van der Waals surface area contributed by atoms with Gasteiger partial charge in [-0.25, -0.2) is 0 Å². The minimum Gasteiger partial charge on any atom is -0.488 e. The minimum atomic E-state index is 0.0782. The second-order valence-electron chi connectivity index (χ2n) is 5.12. The van der Waals surface area contributed by atoms with Crippen LogP contribution in [0.25, 0.3) is 0 Å². The lowest BCUT2D eigenvalue weighted by atomic mass is 10.0. The van der Waals surface area contributed by atoms with Crippen LogP contribution in [0.1, 0.15) is 34.1 Å². The van der Waals surface area contributed by atoms with Crippen LogP contribution in [0.15, 0.2) is 22.7 Å². The quantitative estimate of drug-likeness (QED) is 0.817. The molecule has 1 rings (SSSR count). The minimum absolute atomic E-state index is 0.0782. The van der Waals surface area contributed by atoms with Gasteiger partial charge < -0.3 is 10.1 Å². The van der Waals surface area contributed by atoms with Crippen LogP contribution in [-0.2, 0) is 0 Å². The fourth-order valence-electron chi connectivity index (χ4n) is 1.37. The number of nitrogens with one attached hydrogen (secondary N) is 1. The predicted molar refractivity (Wildman–Crippen MR) is 81.6 cm³/mol. The van der Waals surface area contributed by atoms with Crippen LogP contribution in [0.4, 0.5) is 0 Å². The number of hydrogen-bond acceptors (Lipinski definition) is 2. The van der Waals surface area contributed by atoms with E-state index in [2.05, 4.69) is 42.0 Å². The molecule has 0 aromatic heterocycles. The highest BCUT2D eigenvalue weighted by molar-refractivity contribution is 9.10. The van der Waals surface area contributed by atoms with Gasteiger partial charge >= 0.3 is 0 Å². The summed E-state index contributed by atoms with van der Waals surface area (Å²) in [5.41, 5.74) is 0.140. The molecule has 0 saturated carbocycles. The number of halogens is 2. The van der Waals surface area contributed by atoms with Gasteiger partial charge in [0.2, 0.25) is 0 Å².